The third-order valence-corrected chi connectivity index (χ3v) is 3.87. The largest absolute Gasteiger partial charge is 0.497 e. The molecule has 0 saturated heterocycles. The first-order valence-corrected chi connectivity index (χ1v) is 6.82. The first-order valence-electron chi connectivity index (χ1n) is 6.82. The van der Waals surface area contributed by atoms with Gasteiger partial charge in [0.05, 0.1) is 14.2 Å². The molecule has 0 atom stereocenters. The Hall–Kier alpha value is -2.22. The molecular weight excluding hydrogens is 248 g/mol. The van der Waals surface area contributed by atoms with Crippen LogP contribution in [0.2, 0.25) is 0 Å². The van der Waals surface area contributed by atoms with E-state index >= 15 is 0 Å². The summed E-state index contributed by atoms with van der Waals surface area (Å²) in [6, 6.07) is 16.6. The van der Waals surface area contributed by atoms with Gasteiger partial charge in [-0.1, -0.05) is 24.3 Å². The fourth-order valence-electron chi connectivity index (χ4n) is 2.60. The van der Waals surface area contributed by atoms with Gasteiger partial charge in [-0.15, -0.1) is 0 Å². The molecule has 0 unspecified atom stereocenters. The molecule has 2 aromatic rings. The monoisotopic (exact) mass is 266 g/mol. The van der Waals surface area contributed by atoms with Gasteiger partial charge in [-0.3, -0.25) is 0 Å². The molecule has 2 aromatic carbocycles. The van der Waals surface area contributed by atoms with Gasteiger partial charge in [0.2, 0.25) is 0 Å². The maximum atomic E-state index is 5.21. The number of benzene rings is 2. The van der Waals surface area contributed by atoms with Crippen LogP contribution in [0.1, 0.15) is 24.0 Å². The molecule has 0 spiro atoms. The second kappa shape index (κ2) is 5.41. The summed E-state index contributed by atoms with van der Waals surface area (Å²) in [5.41, 5.74) is 5.47. The first-order chi connectivity index (χ1) is 9.81. The molecule has 102 valence electrons. The predicted octanol–water partition coefficient (Wildman–Crippen LogP) is 4.41. The molecule has 0 radical (unpaired) electrons. The van der Waals surface area contributed by atoms with Crippen molar-refractivity contribution in [1.82, 2.24) is 0 Å². The summed E-state index contributed by atoms with van der Waals surface area (Å²) in [6.45, 7) is 0. The molecule has 0 bridgehead atoms. The second-order valence-electron chi connectivity index (χ2n) is 4.91. The van der Waals surface area contributed by atoms with Crippen LogP contribution in [-0.2, 0) is 0 Å². The number of methoxy groups -OCH3 is 2. The van der Waals surface area contributed by atoms with Crippen molar-refractivity contribution in [3.8, 4) is 11.5 Å². The highest BCUT2D eigenvalue weighted by atomic mass is 16.5. The summed E-state index contributed by atoms with van der Waals surface area (Å²) in [5.74, 6) is 1.80. The molecule has 0 aliphatic heterocycles. The van der Waals surface area contributed by atoms with Crippen LogP contribution in [-0.4, -0.2) is 14.2 Å². The van der Waals surface area contributed by atoms with Crippen molar-refractivity contribution >= 4 is 11.1 Å². The van der Waals surface area contributed by atoms with Gasteiger partial charge in [-0.25, -0.2) is 0 Å². The van der Waals surface area contributed by atoms with Gasteiger partial charge in [-0.05, 0) is 59.4 Å². The van der Waals surface area contributed by atoms with Crippen molar-refractivity contribution in [1.29, 1.82) is 0 Å². The Kier molecular flexibility index (Phi) is 3.46. The highest BCUT2D eigenvalue weighted by Crippen LogP contribution is 2.42. The third-order valence-electron chi connectivity index (χ3n) is 3.87. The lowest BCUT2D eigenvalue weighted by molar-refractivity contribution is 0.414. The highest BCUT2D eigenvalue weighted by Gasteiger charge is 2.20. The maximum Gasteiger partial charge on any atom is 0.118 e. The van der Waals surface area contributed by atoms with Crippen molar-refractivity contribution in [2.75, 3.05) is 14.2 Å². The normalized spacial score (nSPS) is 13.9. The number of ether oxygens (including phenoxy) is 2. The molecule has 20 heavy (non-hydrogen) atoms. The fraction of sp³-hybridized carbons (Fsp3) is 0.222. The smallest absolute Gasteiger partial charge is 0.118 e. The summed E-state index contributed by atoms with van der Waals surface area (Å²) >= 11 is 0. The summed E-state index contributed by atoms with van der Waals surface area (Å²) < 4.78 is 10.4. The zero-order valence-corrected chi connectivity index (χ0v) is 11.8. The van der Waals surface area contributed by atoms with Crippen molar-refractivity contribution in [2.45, 2.75) is 12.8 Å². The highest BCUT2D eigenvalue weighted by molar-refractivity contribution is 5.96. The lowest BCUT2D eigenvalue weighted by Gasteiger charge is -2.25. The van der Waals surface area contributed by atoms with E-state index in [1.54, 1.807) is 14.2 Å². The summed E-state index contributed by atoms with van der Waals surface area (Å²) in [4.78, 5) is 0. The fourth-order valence-corrected chi connectivity index (χ4v) is 2.60. The van der Waals surface area contributed by atoms with Crippen LogP contribution < -0.4 is 9.47 Å². The van der Waals surface area contributed by atoms with Gasteiger partial charge < -0.3 is 9.47 Å². The Morgan fingerprint density at radius 3 is 1.20 bits per heavy atom. The lowest BCUT2D eigenvalue weighted by Crippen LogP contribution is -2.02. The molecule has 0 heterocycles. The topological polar surface area (TPSA) is 18.5 Å². The lowest BCUT2D eigenvalue weighted by atomic mass is 9.80. The van der Waals surface area contributed by atoms with E-state index in [9.17, 15) is 0 Å². The molecule has 1 aliphatic carbocycles. The Morgan fingerprint density at radius 2 is 0.950 bits per heavy atom. The van der Waals surface area contributed by atoms with E-state index in [-0.39, 0.29) is 0 Å². The van der Waals surface area contributed by atoms with Crippen LogP contribution in [0, 0.1) is 0 Å². The predicted molar refractivity (Wildman–Crippen MR) is 82.0 cm³/mol. The van der Waals surface area contributed by atoms with Crippen LogP contribution in [0.4, 0.5) is 0 Å². The van der Waals surface area contributed by atoms with Gasteiger partial charge in [0, 0.05) is 0 Å². The average molecular weight is 266 g/mol. The summed E-state index contributed by atoms with van der Waals surface area (Å²) in [7, 11) is 3.39. The average Bonchev–Trinajstić information content (AvgIpc) is 2.48. The summed E-state index contributed by atoms with van der Waals surface area (Å²) in [5, 5.41) is 0. The minimum Gasteiger partial charge on any atom is -0.497 e. The standard InChI is InChI=1S/C18H18O2/c1-19-15-7-3-13(4-8-15)17-11-12-18(17)14-5-9-16(20-2)10-6-14/h3-10H,11-12H2,1-2H3. The molecule has 0 fully saturated rings. The van der Waals surface area contributed by atoms with Gasteiger partial charge in [0.15, 0.2) is 0 Å². The van der Waals surface area contributed by atoms with Crippen molar-refractivity contribution in [2.24, 2.45) is 0 Å². The van der Waals surface area contributed by atoms with E-state index in [1.165, 1.54) is 22.3 Å². The molecule has 0 aromatic heterocycles. The number of rotatable bonds is 4. The Morgan fingerprint density at radius 1 is 0.600 bits per heavy atom. The van der Waals surface area contributed by atoms with Crippen LogP contribution in [0.3, 0.4) is 0 Å². The van der Waals surface area contributed by atoms with Gasteiger partial charge >= 0.3 is 0 Å². The van der Waals surface area contributed by atoms with Crippen LogP contribution in [0.5, 0.6) is 11.5 Å². The quantitative estimate of drug-likeness (QED) is 0.816. The van der Waals surface area contributed by atoms with Crippen molar-refractivity contribution in [3.63, 3.8) is 0 Å². The zero-order chi connectivity index (χ0) is 13.9. The molecule has 1 aliphatic rings. The van der Waals surface area contributed by atoms with E-state index in [0.29, 0.717) is 0 Å². The minimum atomic E-state index is 0.902. The molecule has 0 saturated carbocycles. The molecule has 0 amide bonds. The Bertz CT molecular complexity index is 564. The third kappa shape index (κ3) is 2.29. The van der Waals surface area contributed by atoms with E-state index in [2.05, 4.69) is 24.3 Å². The Labute approximate surface area is 119 Å². The van der Waals surface area contributed by atoms with Crippen molar-refractivity contribution < 1.29 is 9.47 Å². The molecule has 0 N–H and O–H groups in total. The van der Waals surface area contributed by atoms with Crippen LogP contribution in [0.25, 0.3) is 11.1 Å². The molecule has 2 nitrogen and oxygen atoms in total. The van der Waals surface area contributed by atoms with Gasteiger partial charge in [0.25, 0.3) is 0 Å². The van der Waals surface area contributed by atoms with E-state index in [0.717, 1.165) is 24.3 Å². The number of allylic oxidation sites excluding steroid dienone is 2. The molecule has 2 heteroatoms. The van der Waals surface area contributed by atoms with Crippen molar-refractivity contribution in [3.05, 3.63) is 59.7 Å². The first kappa shape index (κ1) is 12.8. The Balaban J connectivity index is 1.91. The number of hydrogen-bond donors (Lipinski definition) is 0. The zero-order valence-electron chi connectivity index (χ0n) is 11.8. The SMILES string of the molecule is COc1ccc(C2=C(c3ccc(OC)cc3)CC2)cc1. The minimum absolute atomic E-state index is 0.902. The maximum absolute atomic E-state index is 5.21. The number of hydrogen-bond acceptors (Lipinski definition) is 2. The summed E-state index contributed by atoms with van der Waals surface area (Å²) in [6.07, 6.45) is 2.29. The molecular formula is C18H18O2. The van der Waals surface area contributed by atoms with E-state index in [4.69, 9.17) is 9.47 Å². The second-order valence-corrected chi connectivity index (χ2v) is 4.91. The van der Waals surface area contributed by atoms with Gasteiger partial charge in [0.1, 0.15) is 11.5 Å². The molecule has 3 rings (SSSR count). The van der Waals surface area contributed by atoms with Crippen LogP contribution in [0.15, 0.2) is 48.5 Å². The van der Waals surface area contributed by atoms with Gasteiger partial charge in [-0.2, -0.15) is 0 Å². The van der Waals surface area contributed by atoms with Crippen LogP contribution >= 0.6 is 0 Å². The van der Waals surface area contributed by atoms with E-state index in [1.807, 2.05) is 24.3 Å². The van der Waals surface area contributed by atoms with E-state index < -0.39 is 0 Å².